The number of carbonyl (C=O) groups is 2. The maximum Gasteiger partial charge on any atom is 0.248 e. The van der Waals surface area contributed by atoms with Gasteiger partial charge >= 0.3 is 0 Å². The summed E-state index contributed by atoms with van der Waals surface area (Å²) >= 11 is 0. The normalized spacial score (nSPS) is 15.5. The van der Waals surface area contributed by atoms with Gasteiger partial charge in [-0.25, -0.2) is 4.68 Å². The smallest absolute Gasteiger partial charge is 0.248 e. The van der Waals surface area contributed by atoms with Gasteiger partial charge in [0.1, 0.15) is 0 Å². The van der Waals surface area contributed by atoms with Gasteiger partial charge in [-0.05, 0) is 61.8 Å². The van der Waals surface area contributed by atoms with Crippen LogP contribution in [0.3, 0.4) is 0 Å². The van der Waals surface area contributed by atoms with Crippen molar-refractivity contribution in [1.29, 1.82) is 0 Å². The second-order valence-corrected chi connectivity index (χ2v) is 8.42. The zero-order valence-corrected chi connectivity index (χ0v) is 17.2. The van der Waals surface area contributed by atoms with Crippen LogP contribution in [0.5, 0.6) is 0 Å². The summed E-state index contributed by atoms with van der Waals surface area (Å²) in [5.41, 5.74) is 10.3. The highest BCUT2D eigenvalue weighted by atomic mass is 16.5. The van der Waals surface area contributed by atoms with Crippen molar-refractivity contribution < 1.29 is 14.3 Å². The molecule has 1 aliphatic rings. The molecule has 2 aromatic rings. The van der Waals surface area contributed by atoms with Crippen LogP contribution in [0, 0.1) is 12.3 Å². The summed E-state index contributed by atoms with van der Waals surface area (Å²) in [5.74, 6) is -0.271. The lowest BCUT2D eigenvalue weighted by atomic mass is 9.75. The van der Waals surface area contributed by atoms with Crippen LogP contribution in [-0.2, 0) is 17.6 Å². The molecule has 1 aromatic carbocycles. The Hall–Kier alpha value is -2.47. The number of nitrogens with zero attached hydrogens (tertiary/aromatic N) is 2. The summed E-state index contributed by atoms with van der Waals surface area (Å²) in [7, 11) is 1.68. The molecule has 6 nitrogen and oxygen atoms in total. The molecule has 1 amide bonds. The first-order chi connectivity index (χ1) is 13.2. The predicted molar refractivity (Wildman–Crippen MR) is 108 cm³/mol. The van der Waals surface area contributed by atoms with Crippen LogP contribution in [0.15, 0.2) is 18.2 Å². The highest BCUT2D eigenvalue weighted by molar-refractivity contribution is 6.00. The third-order valence-corrected chi connectivity index (χ3v) is 5.36. The number of ether oxygens (including phenoxy) is 1. The number of aryl methyl sites for hydroxylation is 2. The van der Waals surface area contributed by atoms with E-state index >= 15 is 0 Å². The molecule has 0 saturated carbocycles. The van der Waals surface area contributed by atoms with E-state index in [1.807, 2.05) is 23.7 Å². The van der Waals surface area contributed by atoms with Gasteiger partial charge in [-0.2, -0.15) is 5.10 Å². The zero-order valence-electron chi connectivity index (χ0n) is 17.2. The summed E-state index contributed by atoms with van der Waals surface area (Å²) < 4.78 is 6.98. The molecule has 0 saturated heterocycles. The fraction of sp³-hybridized carbons (Fsp3) is 0.500. The first-order valence-corrected chi connectivity index (χ1v) is 9.77. The second-order valence-electron chi connectivity index (χ2n) is 8.42. The van der Waals surface area contributed by atoms with Gasteiger partial charge in [0.15, 0.2) is 5.78 Å². The van der Waals surface area contributed by atoms with E-state index in [4.69, 9.17) is 10.5 Å². The highest BCUT2D eigenvalue weighted by Gasteiger charge is 2.35. The number of primary amides is 1. The van der Waals surface area contributed by atoms with Crippen LogP contribution in [0.2, 0.25) is 0 Å². The van der Waals surface area contributed by atoms with Crippen molar-refractivity contribution in [1.82, 2.24) is 9.78 Å². The molecule has 0 spiro atoms. The molecule has 3 rings (SSSR count). The van der Waals surface area contributed by atoms with Gasteiger partial charge in [-0.1, -0.05) is 13.8 Å². The van der Waals surface area contributed by atoms with E-state index in [9.17, 15) is 9.59 Å². The molecule has 1 aromatic heterocycles. The average Bonchev–Trinajstić information content (AvgIpc) is 2.93. The van der Waals surface area contributed by atoms with Gasteiger partial charge in [0.2, 0.25) is 5.91 Å². The number of hydrogen-bond donors (Lipinski definition) is 1. The van der Waals surface area contributed by atoms with Gasteiger partial charge in [-0.15, -0.1) is 0 Å². The third-order valence-electron chi connectivity index (χ3n) is 5.36. The van der Waals surface area contributed by atoms with E-state index in [2.05, 4.69) is 18.9 Å². The average molecular weight is 383 g/mol. The number of amides is 1. The monoisotopic (exact) mass is 383 g/mol. The molecule has 6 heteroatoms. The fourth-order valence-corrected chi connectivity index (χ4v) is 4.07. The first kappa shape index (κ1) is 20.3. The number of hydrogen-bond acceptors (Lipinski definition) is 4. The van der Waals surface area contributed by atoms with Crippen LogP contribution in [0.1, 0.15) is 70.8 Å². The Balaban J connectivity index is 2.02. The molecular weight excluding hydrogens is 354 g/mol. The van der Waals surface area contributed by atoms with Gasteiger partial charge in [0.25, 0.3) is 0 Å². The minimum Gasteiger partial charge on any atom is -0.385 e. The summed E-state index contributed by atoms with van der Waals surface area (Å²) in [4.78, 5) is 24.5. The number of Topliss-reactive ketones (excluding diaryl/α,β-unsaturated/α-hetero) is 1. The zero-order chi connectivity index (χ0) is 20.5. The summed E-state index contributed by atoms with van der Waals surface area (Å²) in [5, 5.41) is 4.66. The van der Waals surface area contributed by atoms with Crippen molar-refractivity contribution in [2.45, 2.75) is 52.9 Å². The summed E-state index contributed by atoms with van der Waals surface area (Å²) in [6, 6.07) is 5.60. The Morgan fingerprint density at radius 3 is 2.71 bits per heavy atom. The topological polar surface area (TPSA) is 87.2 Å². The predicted octanol–water partition coefficient (Wildman–Crippen LogP) is 3.40. The Morgan fingerprint density at radius 1 is 1.29 bits per heavy atom. The van der Waals surface area contributed by atoms with E-state index in [0.717, 1.165) is 53.9 Å². The van der Waals surface area contributed by atoms with Crippen molar-refractivity contribution in [3.63, 3.8) is 0 Å². The van der Waals surface area contributed by atoms with Crippen molar-refractivity contribution >= 4 is 11.7 Å². The largest absolute Gasteiger partial charge is 0.385 e. The number of unbranched alkanes of at least 4 members (excludes halogenated alkanes) is 1. The second kappa shape index (κ2) is 7.87. The van der Waals surface area contributed by atoms with E-state index in [1.54, 1.807) is 13.2 Å². The third kappa shape index (κ3) is 4.02. The van der Waals surface area contributed by atoms with Crippen LogP contribution in [0.25, 0.3) is 5.69 Å². The summed E-state index contributed by atoms with van der Waals surface area (Å²) in [6.45, 7) is 6.79. The fourth-order valence-electron chi connectivity index (χ4n) is 4.07. The quantitative estimate of drug-likeness (QED) is 0.742. The first-order valence-electron chi connectivity index (χ1n) is 9.77. The van der Waals surface area contributed by atoms with Gasteiger partial charge < -0.3 is 10.5 Å². The van der Waals surface area contributed by atoms with Crippen LogP contribution >= 0.6 is 0 Å². The molecule has 2 N–H and O–H groups in total. The molecule has 1 aliphatic carbocycles. The van der Waals surface area contributed by atoms with Gasteiger partial charge in [0, 0.05) is 25.7 Å². The van der Waals surface area contributed by atoms with Crippen molar-refractivity contribution in [3.05, 3.63) is 46.3 Å². The number of rotatable bonds is 7. The van der Waals surface area contributed by atoms with Gasteiger partial charge in [-0.3, -0.25) is 9.59 Å². The molecule has 0 fully saturated rings. The van der Waals surface area contributed by atoms with Crippen molar-refractivity contribution in [2.75, 3.05) is 13.7 Å². The number of benzene rings is 1. The molecular formula is C22H29N3O3. The molecule has 0 bridgehead atoms. The SMILES string of the molecule is COCCCCc1cc(-n2nc(C)c3c2CC(C)(C)CC3=O)ccc1C(N)=O. The Bertz CT molecular complexity index is 912. The molecule has 0 unspecified atom stereocenters. The lowest BCUT2D eigenvalue weighted by molar-refractivity contribution is 0.0909. The van der Waals surface area contributed by atoms with E-state index in [1.165, 1.54) is 0 Å². The molecule has 0 atom stereocenters. The Kier molecular flexibility index (Phi) is 5.70. The number of methoxy groups -OCH3 is 1. The van der Waals surface area contributed by atoms with E-state index in [0.29, 0.717) is 18.6 Å². The minimum absolute atomic E-state index is 0.0928. The highest BCUT2D eigenvalue weighted by Crippen LogP contribution is 2.37. The van der Waals surface area contributed by atoms with Gasteiger partial charge in [0.05, 0.1) is 22.6 Å². The van der Waals surface area contributed by atoms with Crippen LogP contribution in [-0.4, -0.2) is 35.2 Å². The molecule has 1 heterocycles. The number of nitrogens with two attached hydrogens (primary N) is 1. The molecule has 0 aliphatic heterocycles. The lowest BCUT2D eigenvalue weighted by Gasteiger charge is -2.29. The number of ketones is 1. The Morgan fingerprint density at radius 2 is 2.04 bits per heavy atom. The number of fused-ring (bicyclic) bond motifs is 1. The maximum atomic E-state index is 12.7. The maximum absolute atomic E-state index is 12.7. The van der Waals surface area contributed by atoms with E-state index in [-0.39, 0.29) is 11.2 Å². The lowest BCUT2D eigenvalue weighted by Crippen LogP contribution is -2.28. The minimum atomic E-state index is -0.428. The van der Waals surface area contributed by atoms with E-state index < -0.39 is 5.91 Å². The molecule has 28 heavy (non-hydrogen) atoms. The van der Waals surface area contributed by atoms with Crippen LogP contribution < -0.4 is 5.73 Å². The number of carbonyl (C=O) groups excluding carboxylic acids is 2. The molecule has 150 valence electrons. The van der Waals surface area contributed by atoms with Crippen molar-refractivity contribution in [3.8, 4) is 5.69 Å². The molecule has 0 radical (unpaired) electrons. The summed E-state index contributed by atoms with van der Waals surface area (Å²) in [6.07, 6.45) is 3.88. The van der Waals surface area contributed by atoms with Crippen LogP contribution in [0.4, 0.5) is 0 Å². The van der Waals surface area contributed by atoms with Crippen molar-refractivity contribution in [2.24, 2.45) is 11.1 Å². The Labute approximate surface area is 166 Å². The standard InChI is InChI=1S/C22H29N3O3/c1-14-20-18(12-22(2,3)13-19(20)26)25(24-14)16-8-9-17(21(23)27)15(11-16)7-5-6-10-28-4/h8-9,11H,5-7,10,12-13H2,1-4H3,(H2,23,27). The number of aromatic nitrogens is 2.